The minimum atomic E-state index is -0.516. The summed E-state index contributed by atoms with van der Waals surface area (Å²) in [7, 11) is 1.75. The van der Waals surface area contributed by atoms with Crippen LogP contribution in [0, 0.1) is 12.7 Å². The molecule has 33 heavy (non-hydrogen) atoms. The Balaban J connectivity index is 1.37. The van der Waals surface area contributed by atoms with E-state index in [4.69, 9.17) is 4.52 Å². The quantitative estimate of drug-likeness (QED) is 0.652. The van der Waals surface area contributed by atoms with Gasteiger partial charge in [-0.05, 0) is 55.2 Å². The van der Waals surface area contributed by atoms with E-state index in [2.05, 4.69) is 15.5 Å². The van der Waals surface area contributed by atoms with Crippen molar-refractivity contribution in [1.29, 1.82) is 0 Å². The Labute approximate surface area is 190 Å². The third kappa shape index (κ3) is 3.94. The van der Waals surface area contributed by atoms with Gasteiger partial charge in [0.05, 0.1) is 5.69 Å². The van der Waals surface area contributed by atoms with E-state index in [-0.39, 0.29) is 11.8 Å². The first-order valence-electron chi connectivity index (χ1n) is 11.0. The van der Waals surface area contributed by atoms with Crippen LogP contribution in [0.2, 0.25) is 0 Å². The third-order valence-electron chi connectivity index (χ3n) is 6.21. The predicted octanol–water partition coefficient (Wildman–Crippen LogP) is 3.77. The molecule has 0 bridgehead atoms. The molecule has 1 fully saturated rings. The zero-order chi connectivity index (χ0) is 23.1. The number of aryl methyl sites for hydroxylation is 1. The van der Waals surface area contributed by atoms with Crippen molar-refractivity contribution >= 4 is 23.2 Å². The van der Waals surface area contributed by atoms with Crippen LogP contribution in [0.15, 0.2) is 40.9 Å². The Morgan fingerprint density at radius 1 is 1.21 bits per heavy atom. The summed E-state index contributed by atoms with van der Waals surface area (Å²) in [4.78, 5) is 33.1. The van der Waals surface area contributed by atoms with Crippen molar-refractivity contribution in [2.75, 3.05) is 23.8 Å². The number of aromatic nitrogens is 2. The molecule has 1 atom stereocenters. The Bertz CT molecular complexity index is 1240. The van der Waals surface area contributed by atoms with Crippen LogP contribution in [0.5, 0.6) is 0 Å². The van der Waals surface area contributed by atoms with Crippen LogP contribution in [0.4, 0.5) is 15.8 Å². The number of piperidine rings is 1. The van der Waals surface area contributed by atoms with Crippen LogP contribution < -0.4 is 10.2 Å². The third-order valence-corrected chi connectivity index (χ3v) is 6.21. The van der Waals surface area contributed by atoms with Gasteiger partial charge < -0.3 is 19.6 Å². The van der Waals surface area contributed by atoms with Crippen molar-refractivity contribution in [3.05, 3.63) is 59.2 Å². The Kier molecular flexibility index (Phi) is 5.32. The van der Waals surface area contributed by atoms with E-state index < -0.39 is 11.9 Å². The minimum absolute atomic E-state index is 0.0562. The molecule has 3 heterocycles. The lowest BCUT2D eigenvalue weighted by Gasteiger charge is -2.36. The number of fused-ring (bicyclic) bond motifs is 1. The predicted molar refractivity (Wildman–Crippen MR) is 120 cm³/mol. The van der Waals surface area contributed by atoms with Gasteiger partial charge in [0.1, 0.15) is 11.9 Å². The van der Waals surface area contributed by atoms with Gasteiger partial charge in [-0.2, -0.15) is 4.98 Å². The SMILES string of the molecule is Cc1nc(-c2ccc(N3CCCCC3C(=O)Nc3ccc4c(c3)C(=O)N(C)C4)c(F)c2)no1. The number of halogens is 1. The van der Waals surface area contributed by atoms with Gasteiger partial charge in [-0.15, -0.1) is 0 Å². The minimum Gasteiger partial charge on any atom is -0.357 e. The van der Waals surface area contributed by atoms with Crippen molar-refractivity contribution in [1.82, 2.24) is 15.0 Å². The number of anilines is 2. The fourth-order valence-corrected chi connectivity index (χ4v) is 4.54. The maximum Gasteiger partial charge on any atom is 0.254 e. The highest BCUT2D eigenvalue weighted by molar-refractivity contribution is 6.01. The molecule has 8 nitrogen and oxygen atoms in total. The molecule has 1 unspecified atom stereocenters. The number of carbonyl (C=O) groups is 2. The fraction of sp³-hybridized carbons (Fsp3) is 0.333. The molecule has 2 aliphatic rings. The maximum atomic E-state index is 15.1. The lowest BCUT2D eigenvalue weighted by Crippen LogP contribution is -2.47. The average Bonchev–Trinajstić information content (AvgIpc) is 3.37. The zero-order valence-electron chi connectivity index (χ0n) is 18.5. The summed E-state index contributed by atoms with van der Waals surface area (Å²) in [6.07, 6.45) is 2.36. The summed E-state index contributed by atoms with van der Waals surface area (Å²) in [5.74, 6) is 0.00993. The number of benzene rings is 2. The van der Waals surface area contributed by atoms with Gasteiger partial charge >= 0.3 is 0 Å². The monoisotopic (exact) mass is 449 g/mol. The summed E-state index contributed by atoms with van der Waals surface area (Å²) < 4.78 is 20.1. The van der Waals surface area contributed by atoms with Crippen LogP contribution in [0.1, 0.15) is 41.1 Å². The van der Waals surface area contributed by atoms with E-state index in [9.17, 15) is 9.59 Å². The van der Waals surface area contributed by atoms with Crippen molar-refractivity contribution in [2.24, 2.45) is 0 Å². The maximum absolute atomic E-state index is 15.1. The summed E-state index contributed by atoms with van der Waals surface area (Å²) in [5.41, 5.74) is 2.99. The molecule has 0 saturated carbocycles. The molecule has 5 rings (SSSR count). The molecule has 170 valence electrons. The molecule has 1 saturated heterocycles. The van der Waals surface area contributed by atoms with E-state index >= 15 is 4.39 Å². The first kappa shape index (κ1) is 21.1. The van der Waals surface area contributed by atoms with Gasteiger partial charge in [-0.1, -0.05) is 11.2 Å². The van der Waals surface area contributed by atoms with Gasteiger partial charge in [-0.3, -0.25) is 9.59 Å². The van der Waals surface area contributed by atoms with Crippen LogP contribution in [-0.4, -0.2) is 46.5 Å². The van der Waals surface area contributed by atoms with Gasteiger partial charge in [0, 0.05) is 43.9 Å². The normalized spacial score (nSPS) is 17.9. The molecule has 2 amide bonds. The first-order valence-corrected chi connectivity index (χ1v) is 11.0. The number of nitrogens with zero attached hydrogens (tertiary/aromatic N) is 4. The van der Waals surface area contributed by atoms with E-state index in [0.717, 1.165) is 18.4 Å². The van der Waals surface area contributed by atoms with Gasteiger partial charge in [-0.25, -0.2) is 4.39 Å². The van der Waals surface area contributed by atoms with E-state index in [0.29, 0.717) is 53.7 Å². The standard InChI is InChI=1S/C24H24FN5O3/c1-14-26-22(28-33-14)15-7-9-20(19(25)11-15)30-10-4-3-5-21(30)23(31)27-17-8-6-16-13-29(2)24(32)18(16)12-17/h6-9,11-12,21H,3-5,10,13H2,1-2H3,(H,27,31). The van der Waals surface area contributed by atoms with Crippen molar-refractivity contribution < 1.29 is 18.5 Å². The fourth-order valence-electron chi connectivity index (χ4n) is 4.54. The highest BCUT2D eigenvalue weighted by Gasteiger charge is 2.31. The second-order valence-electron chi connectivity index (χ2n) is 8.53. The zero-order valence-corrected chi connectivity index (χ0v) is 18.5. The second kappa shape index (κ2) is 8.31. The number of rotatable bonds is 4. The number of carbonyl (C=O) groups excluding carboxylic acids is 2. The summed E-state index contributed by atoms with van der Waals surface area (Å²) in [5, 5.41) is 6.77. The molecule has 3 aromatic rings. The van der Waals surface area contributed by atoms with Crippen LogP contribution in [0.3, 0.4) is 0 Å². The van der Waals surface area contributed by atoms with E-state index in [1.54, 1.807) is 43.1 Å². The molecule has 1 N–H and O–H groups in total. The topological polar surface area (TPSA) is 91.6 Å². The first-order chi connectivity index (χ1) is 15.9. The van der Waals surface area contributed by atoms with Crippen LogP contribution in [-0.2, 0) is 11.3 Å². The average molecular weight is 449 g/mol. The van der Waals surface area contributed by atoms with Gasteiger partial charge in [0.25, 0.3) is 5.91 Å². The number of amides is 2. The number of hydrogen-bond donors (Lipinski definition) is 1. The number of hydrogen-bond acceptors (Lipinski definition) is 6. The Morgan fingerprint density at radius 2 is 2.06 bits per heavy atom. The van der Waals surface area contributed by atoms with E-state index in [1.165, 1.54) is 6.07 Å². The molecular formula is C24H24FN5O3. The smallest absolute Gasteiger partial charge is 0.254 e. The lowest BCUT2D eigenvalue weighted by atomic mass is 9.99. The van der Waals surface area contributed by atoms with Crippen LogP contribution >= 0.6 is 0 Å². The lowest BCUT2D eigenvalue weighted by molar-refractivity contribution is -0.117. The molecule has 1 aromatic heterocycles. The van der Waals surface area contributed by atoms with Gasteiger partial charge in [0.15, 0.2) is 0 Å². The summed E-state index contributed by atoms with van der Waals surface area (Å²) in [6, 6.07) is 9.63. The summed E-state index contributed by atoms with van der Waals surface area (Å²) in [6.45, 7) is 2.81. The molecule has 0 radical (unpaired) electrons. The molecule has 9 heteroatoms. The Hall–Kier alpha value is -3.75. The highest BCUT2D eigenvalue weighted by atomic mass is 19.1. The largest absolute Gasteiger partial charge is 0.357 e. The highest BCUT2D eigenvalue weighted by Crippen LogP contribution is 2.31. The molecular weight excluding hydrogens is 425 g/mol. The molecule has 2 aromatic carbocycles. The van der Waals surface area contributed by atoms with Crippen molar-refractivity contribution in [3.8, 4) is 11.4 Å². The molecule has 0 spiro atoms. The molecule has 2 aliphatic heterocycles. The van der Waals surface area contributed by atoms with E-state index in [1.807, 2.05) is 11.0 Å². The molecule has 0 aliphatic carbocycles. The Morgan fingerprint density at radius 3 is 2.82 bits per heavy atom. The van der Waals surface area contributed by atoms with Gasteiger partial charge in [0.2, 0.25) is 17.6 Å². The van der Waals surface area contributed by atoms with Crippen molar-refractivity contribution in [3.63, 3.8) is 0 Å². The summed E-state index contributed by atoms with van der Waals surface area (Å²) >= 11 is 0. The number of nitrogens with one attached hydrogen (secondary N) is 1. The van der Waals surface area contributed by atoms with Crippen molar-refractivity contribution in [2.45, 2.75) is 38.8 Å². The second-order valence-corrected chi connectivity index (χ2v) is 8.53. The van der Waals surface area contributed by atoms with Crippen LogP contribution in [0.25, 0.3) is 11.4 Å².